The van der Waals surface area contributed by atoms with Crippen LogP contribution in [0.3, 0.4) is 0 Å². The molecule has 0 radical (unpaired) electrons. The SMILES string of the molecule is Cc1ccc(NCC2Cc3ccccc32)cc1[N+](=O)[O-]. The van der Waals surface area contributed by atoms with Crippen LogP contribution in [0.2, 0.25) is 0 Å². The van der Waals surface area contributed by atoms with Crippen LogP contribution in [-0.2, 0) is 6.42 Å². The second kappa shape index (κ2) is 4.96. The Bertz CT molecular complexity index is 667. The molecule has 4 nitrogen and oxygen atoms in total. The van der Waals surface area contributed by atoms with Crippen molar-refractivity contribution in [2.75, 3.05) is 11.9 Å². The molecule has 1 unspecified atom stereocenters. The Morgan fingerprint density at radius 3 is 2.85 bits per heavy atom. The fourth-order valence-electron chi connectivity index (χ4n) is 2.70. The molecule has 0 bridgehead atoms. The van der Waals surface area contributed by atoms with Crippen LogP contribution in [0, 0.1) is 17.0 Å². The Hall–Kier alpha value is -2.36. The number of nitro benzene ring substituents is 1. The van der Waals surface area contributed by atoms with Crippen molar-refractivity contribution in [2.24, 2.45) is 0 Å². The number of hydrogen-bond donors (Lipinski definition) is 1. The van der Waals surface area contributed by atoms with E-state index in [9.17, 15) is 10.1 Å². The third-order valence-corrected chi connectivity index (χ3v) is 3.92. The van der Waals surface area contributed by atoms with Gasteiger partial charge in [-0.2, -0.15) is 0 Å². The van der Waals surface area contributed by atoms with Crippen molar-refractivity contribution in [1.29, 1.82) is 0 Å². The number of anilines is 1. The second-order valence-corrected chi connectivity index (χ2v) is 5.24. The first-order valence-electron chi connectivity index (χ1n) is 6.72. The van der Waals surface area contributed by atoms with Crippen molar-refractivity contribution in [1.82, 2.24) is 0 Å². The van der Waals surface area contributed by atoms with Gasteiger partial charge in [0.15, 0.2) is 0 Å². The molecule has 102 valence electrons. The Kier molecular flexibility index (Phi) is 3.14. The minimum absolute atomic E-state index is 0.170. The van der Waals surface area contributed by atoms with Crippen molar-refractivity contribution >= 4 is 11.4 Å². The highest BCUT2D eigenvalue weighted by atomic mass is 16.6. The highest BCUT2D eigenvalue weighted by molar-refractivity contribution is 5.55. The second-order valence-electron chi connectivity index (χ2n) is 5.24. The summed E-state index contributed by atoms with van der Waals surface area (Å²) in [6, 6.07) is 13.7. The number of fused-ring (bicyclic) bond motifs is 1. The van der Waals surface area contributed by atoms with E-state index in [0.29, 0.717) is 11.5 Å². The lowest BCUT2D eigenvalue weighted by atomic mass is 9.77. The summed E-state index contributed by atoms with van der Waals surface area (Å²) in [5.41, 5.74) is 4.47. The topological polar surface area (TPSA) is 55.2 Å². The van der Waals surface area contributed by atoms with E-state index in [-0.39, 0.29) is 10.6 Å². The van der Waals surface area contributed by atoms with E-state index >= 15 is 0 Å². The van der Waals surface area contributed by atoms with Crippen LogP contribution >= 0.6 is 0 Å². The molecule has 1 aliphatic rings. The lowest BCUT2D eigenvalue weighted by Crippen LogP contribution is -2.24. The van der Waals surface area contributed by atoms with Gasteiger partial charge in [-0.1, -0.05) is 30.3 Å². The molecule has 2 aromatic carbocycles. The first-order chi connectivity index (χ1) is 9.65. The summed E-state index contributed by atoms with van der Waals surface area (Å²) in [6.07, 6.45) is 1.08. The van der Waals surface area contributed by atoms with Gasteiger partial charge in [0.25, 0.3) is 5.69 Å². The molecule has 1 aliphatic carbocycles. The van der Waals surface area contributed by atoms with Crippen molar-refractivity contribution in [3.05, 3.63) is 69.3 Å². The zero-order chi connectivity index (χ0) is 14.1. The van der Waals surface area contributed by atoms with Gasteiger partial charge in [-0.15, -0.1) is 0 Å². The van der Waals surface area contributed by atoms with Crippen LogP contribution in [0.25, 0.3) is 0 Å². The van der Waals surface area contributed by atoms with Crippen LogP contribution in [0.4, 0.5) is 11.4 Å². The smallest absolute Gasteiger partial charge is 0.274 e. The molecule has 1 atom stereocenters. The van der Waals surface area contributed by atoms with Gasteiger partial charge in [-0.25, -0.2) is 0 Å². The summed E-state index contributed by atoms with van der Waals surface area (Å²) in [7, 11) is 0. The van der Waals surface area contributed by atoms with Gasteiger partial charge in [-0.3, -0.25) is 10.1 Å². The highest BCUT2D eigenvalue weighted by Gasteiger charge is 2.25. The minimum Gasteiger partial charge on any atom is -0.384 e. The van der Waals surface area contributed by atoms with E-state index in [0.717, 1.165) is 18.7 Å². The van der Waals surface area contributed by atoms with Crippen LogP contribution in [0.1, 0.15) is 22.6 Å². The van der Waals surface area contributed by atoms with Gasteiger partial charge in [0.1, 0.15) is 0 Å². The molecule has 20 heavy (non-hydrogen) atoms. The molecule has 1 N–H and O–H groups in total. The van der Waals surface area contributed by atoms with Gasteiger partial charge in [0, 0.05) is 29.8 Å². The van der Waals surface area contributed by atoms with E-state index in [1.165, 1.54) is 11.1 Å². The van der Waals surface area contributed by atoms with Gasteiger partial charge in [0.05, 0.1) is 4.92 Å². The Morgan fingerprint density at radius 1 is 1.30 bits per heavy atom. The average molecular weight is 268 g/mol. The molecular weight excluding hydrogens is 252 g/mol. The van der Waals surface area contributed by atoms with E-state index in [4.69, 9.17) is 0 Å². The summed E-state index contributed by atoms with van der Waals surface area (Å²) >= 11 is 0. The third-order valence-electron chi connectivity index (χ3n) is 3.92. The van der Waals surface area contributed by atoms with Gasteiger partial charge in [0.2, 0.25) is 0 Å². The zero-order valence-corrected chi connectivity index (χ0v) is 11.3. The molecule has 3 rings (SSSR count). The number of benzene rings is 2. The molecule has 2 aromatic rings. The van der Waals surface area contributed by atoms with Crippen LogP contribution in [-0.4, -0.2) is 11.5 Å². The standard InChI is InChI=1S/C16H16N2O2/c1-11-6-7-14(9-16(11)18(19)20)17-10-13-8-12-4-2-3-5-15(12)13/h2-7,9,13,17H,8,10H2,1H3. The first-order valence-corrected chi connectivity index (χ1v) is 6.72. The number of hydrogen-bond acceptors (Lipinski definition) is 3. The molecule has 0 spiro atoms. The predicted molar refractivity (Wildman–Crippen MR) is 79.2 cm³/mol. The van der Waals surface area contributed by atoms with Crippen molar-refractivity contribution in [3.63, 3.8) is 0 Å². The third kappa shape index (κ3) is 2.25. The fraction of sp³-hybridized carbons (Fsp3) is 0.250. The predicted octanol–water partition coefficient (Wildman–Crippen LogP) is 3.66. The molecule has 0 amide bonds. The fourth-order valence-corrected chi connectivity index (χ4v) is 2.70. The van der Waals surface area contributed by atoms with E-state index < -0.39 is 0 Å². The van der Waals surface area contributed by atoms with Crippen molar-refractivity contribution < 1.29 is 4.92 Å². The number of nitrogens with zero attached hydrogens (tertiary/aromatic N) is 1. The van der Waals surface area contributed by atoms with E-state index in [1.54, 1.807) is 19.1 Å². The maximum absolute atomic E-state index is 10.9. The van der Waals surface area contributed by atoms with E-state index in [1.807, 2.05) is 6.07 Å². The maximum atomic E-state index is 10.9. The van der Waals surface area contributed by atoms with Crippen LogP contribution in [0.15, 0.2) is 42.5 Å². The molecule has 0 aliphatic heterocycles. The van der Waals surface area contributed by atoms with E-state index in [2.05, 4.69) is 29.6 Å². The molecular formula is C16H16N2O2. The quantitative estimate of drug-likeness (QED) is 0.680. The molecule has 0 saturated heterocycles. The normalized spacial score (nSPS) is 16.1. The summed E-state index contributed by atoms with van der Waals surface area (Å²) in [5, 5.41) is 14.2. The molecule has 0 saturated carbocycles. The maximum Gasteiger partial charge on any atom is 0.274 e. The lowest BCUT2D eigenvalue weighted by Gasteiger charge is -2.30. The van der Waals surface area contributed by atoms with Gasteiger partial charge >= 0.3 is 0 Å². The number of nitro groups is 1. The number of rotatable bonds is 4. The minimum atomic E-state index is -0.334. The Balaban J connectivity index is 1.68. The summed E-state index contributed by atoms with van der Waals surface area (Å²) in [5.74, 6) is 0.506. The largest absolute Gasteiger partial charge is 0.384 e. The first kappa shape index (κ1) is 12.7. The molecule has 0 heterocycles. The van der Waals surface area contributed by atoms with Crippen LogP contribution < -0.4 is 5.32 Å². The Morgan fingerprint density at radius 2 is 2.10 bits per heavy atom. The number of nitrogens with one attached hydrogen (secondary N) is 1. The van der Waals surface area contributed by atoms with Crippen molar-refractivity contribution in [3.8, 4) is 0 Å². The lowest BCUT2D eigenvalue weighted by molar-refractivity contribution is -0.385. The number of aryl methyl sites for hydroxylation is 1. The van der Waals surface area contributed by atoms with Crippen LogP contribution in [0.5, 0.6) is 0 Å². The summed E-state index contributed by atoms with van der Waals surface area (Å²) in [4.78, 5) is 10.6. The Labute approximate surface area is 117 Å². The molecule has 4 heteroatoms. The summed E-state index contributed by atoms with van der Waals surface area (Å²) in [6.45, 7) is 2.57. The monoisotopic (exact) mass is 268 g/mol. The molecule has 0 fully saturated rings. The van der Waals surface area contributed by atoms with Crippen molar-refractivity contribution in [2.45, 2.75) is 19.3 Å². The zero-order valence-electron chi connectivity index (χ0n) is 11.3. The highest BCUT2D eigenvalue weighted by Crippen LogP contribution is 2.35. The van der Waals surface area contributed by atoms with Gasteiger partial charge < -0.3 is 5.32 Å². The van der Waals surface area contributed by atoms with Gasteiger partial charge in [-0.05, 0) is 30.5 Å². The molecule has 0 aromatic heterocycles. The summed E-state index contributed by atoms with van der Waals surface area (Å²) < 4.78 is 0. The average Bonchev–Trinajstić information content (AvgIpc) is 2.41.